The lowest BCUT2D eigenvalue weighted by Crippen LogP contribution is -2.61. The molecule has 4 rings (SSSR count). The van der Waals surface area contributed by atoms with Crippen LogP contribution in [0, 0.1) is 0 Å². The lowest BCUT2D eigenvalue weighted by atomic mass is 9.99. The first-order valence-corrected chi connectivity index (χ1v) is 9.86. The van der Waals surface area contributed by atoms with E-state index in [1.807, 2.05) is 0 Å². The largest absolute Gasteiger partial charge is 0.504 e. The summed E-state index contributed by atoms with van der Waals surface area (Å²) in [5, 5.41) is 78.3. The van der Waals surface area contributed by atoms with Gasteiger partial charge < -0.3 is 54.7 Å². The van der Waals surface area contributed by atoms with Gasteiger partial charge in [-0.15, -0.1) is 0 Å². The average Bonchev–Trinajstić information content (AvgIpc) is 2.76. The number of aromatic hydroxyl groups is 2. The number of aliphatic hydroxyl groups excluding tert-OH is 3. The molecule has 0 saturated carbocycles. The highest BCUT2D eigenvalue weighted by atomic mass is 16.7. The summed E-state index contributed by atoms with van der Waals surface area (Å²) < 4.78 is 15.9. The predicted octanol–water partition coefficient (Wildman–Crippen LogP) is -1.50. The fourth-order valence-electron chi connectivity index (χ4n) is 3.58. The van der Waals surface area contributed by atoms with Crippen molar-refractivity contribution >= 4 is 22.5 Å². The molecule has 182 valence electrons. The molecule has 1 aromatic heterocycles. The molecule has 0 radical (unpaired) electrons. The summed E-state index contributed by atoms with van der Waals surface area (Å²) in [6.07, 6.45) is -6.18. The predicted molar refractivity (Wildman–Crippen MR) is 110 cm³/mol. The van der Waals surface area contributed by atoms with Crippen LogP contribution < -0.4 is 10.2 Å². The molecule has 1 fully saturated rings. The van der Waals surface area contributed by atoms with Crippen LogP contribution in [0.5, 0.6) is 17.2 Å². The van der Waals surface area contributed by atoms with E-state index in [4.69, 9.17) is 19.0 Å². The van der Waals surface area contributed by atoms with Crippen molar-refractivity contribution in [3.8, 4) is 17.2 Å². The Labute approximate surface area is 189 Å². The van der Waals surface area contributed by atoms with Gasteiger partial charge in [0.15, 0.2) is 28.8 Å². The van der Waals surface area contributed by atoms with Gasteiger partial charge in [-0.1, -0.05) is 12.2 Å². The van der Waals surface area contributed by atoms with Gasteiger partial charge in [0.2, 0.25) is 12.0 Å². The molecule has 0 bridgehead atoms. The molecule has 1 aromatic carbocycles. The van der Waals surface area contributed by atoms with Crippen molar-refractivity contribution in [3.05, 3.63) is 46.3 Å². The lowest BCUT2D eigenvalue weighted by Gasteiger charge is -2.38. The number of hydrogen-bond donors (Lipinski definition) is 8. The summed E-state index contributed by atoms with van der Waals surface area (Å²) in [6.45, 7) is 0. The van der Waals surface area contributed by atoms with E-state index in [0.29, 0.717) is 5.57 Å². The summed E-state index contributed by atoms with van der Waals surface area (Å²) in [6, 6.07) is 1.98. The quantitative estimate of drug-likeness (QED) is 0.184. The number of ether oxygens (including phenoxy) is 2. The number of hydrogen-bond acceptors (Lipinski definition) is 12. The van der Waals surface area contributed by atoms with Crippen molar-refractivity contribution in [2.75, 3.05) is 0 Å². The lowest BCUT2D eigenvalue weighted by molar-refractivity contribution is -0.271. The topological polar surface area (TPSA) is 228 Å². The molecule has 2 aromatic rings. The van der Waals surface area contributed by atoms with Gasteiger partial charge in [0.05, 0.1) is 0 Å². The Morgan fingerprint density at radius 3 is 2.38 bits per heavy atom. The summed E-state index contributed by atoms with van der Waals surface area (Å²) in [5.74, 6) is -6.22. The Morgan fingerprint density at radius 1 is 1.06 bits per heavy atom. The summed E-state index contributed by atoms with van der Waals surface area (Å²) in [5.41, 5.74) is -0.721. The Kier molecular flexibility index (Phi) is 5.85. The van der Waals surface area contributed by atoms with Crippen molar-refractivity contribution in [1.82, 2.24) is 0 Å². The van der Waals surface area contributed by atoms with Crippen LogP contribution in [-0.4, -0.2) is 83.3 Å². The molecule has 0 amide bonds. The first kappa shape index (κ1) is 23.7. The molecule has 0 spiro atoms. The third-order valence-corrected chi connectivity index (χ3v) is 5.42. The van der Waals surface area contributed by atoms with E-state index < -0.39 is 70.5 Å². The van der Waals surface area contributed by atoms with Crippen molar-refractivity contribution in [2.24, 2.45) is 0 Å². The number of rotatable bonds is 4. The van der Waals surface area contributed by atoms with Crippen LogP contribution >= 0.6 is 0 Å². The van der Waals surface area contributed by atoms with Crippen molar-refractivity contribution in [3.63, 3.8) is 0 Å². The molecule has 5 atom stereocenters. The summed E-state index contributed by atoms with van der Waals surface area (Å²) in [7, 11) is 0. The van der Waals surface area contributed by atoms with Crippen LogP contribution in [0.3, 0.4) is 0 Å². The Morgan fingerprint density at radius 2 is 1.76 bits per heavy atom. The number of carboxylic acids is 1. The minimum Gasteiger partial charge on any atom is -0.504 e. The maximum absolute atomic E-state index is 12.6. The SMILES string of the molecule is O=C(O)[C@H]1O[C@@H](Oc2cc3oc(C4=CCC(O)(O)C=C4)cc(=O)c3c(O)c2O)[C@H](O)[C@@H](O)[C@@H]1O. The highest BCUT2D eigenvalue weighted by molar-refractivity contribution is 5.89. The zero-order valence-electron chi connectivity index (χ0n) is 17.1. The third-order valence-electron chi connectivity index (χ3n) is 5.42. The zero-order chi connectivity index (χ0) is 24.9. The maximum atomic E-state index is 12.6. The van der Waals surface area contributed by atoms with Gasteiger partial charge in [0.25, 0.3) is 0 Å². The molecular weight excluding hydrogens is 460 g/mol. The van der Waals surface area contributed by atoms with E-state index in [1.54, 1.807) is 0 Å². The summed E-state index contributed by atoms with van der Waals surface area (Å²) in [4.78, 5) is 23.8. The maximum Gasteiger partial charge on any atom is 0.335 e. The van der Waals surface area contributed by atoms with Gasteiger partial charge in [0.1, 0.15) is 35.0 Å². The molecule has 2 heterocycles. The van der Waals surface area contributed by atoms with Crippen LogP contribution in [0.15, 0.2) is 39.6 Å². The standard InChI is InChI=1S/C21H20O13/c22-8-5-9(7-1-3-21(30,31)4-2-7)32-10-6-11(13(23)14(24)12(8)10)33-20-17(27)15(25)16(26)18(34-20)19(28)29/h1-3,5-6,15-18,20,23-27,30-31H,4H2,(H,28,29)/t15-,16-,17+,18-,20+/m0/s1. The molecule has 34 heavy (non-hydrogen) atoms. The van der Waals surface area contributed by atoms with Gasteiger partial charge in [-0.25, -0.2) is 4.79 Å². The second-order valence-corrected chi connectivity index (χ2v) is 7.85. The first-order valence-electron chi connectivity index (χ1n) is 9.86. The average molecular weight is 480 g/mol. The minimum atomic E-state index is -2.06. The normalized spacial score (nSPS) is 28.5. The number of aliphatic carboxylic acids is 1. The molecule has 2 aliphatic rings. The second-order valence-electron chi connectivity index (χ2n) is 7.85. The fraction of sp³-hybridized carbons (Fsp3) is 0.333. The van der Waals surface area contributed by atoms with E-state index >= 15 is 0 Å². The van der Waals surface area contributed by atoms with E-state index in [9.17, 15) is 45.3 Å². The number of fused-ring (bicyclic) bond motifs is 1. The third kappa shape index (κ3) is 4.11. The molecule has 13 heteroatoms. The smallest absolute Gasteiger partial charge is 0.335 e. The molecule has 1 saturated heterocycles. The van der Waals surface area contributed by atoms with Gasteiger partial charge >= 0.3 is 5.97 Å². The Bertz CT molecular complexity index is 1260. The van der Waals surface area contributed by atoms with Crippen molar-refractivity contribution in [2.45, 2.75) is 42.9 Å². The van der Waals surface area contributed by atoms with Crippen LogP contribution in [0.25, 0.3) is 16.5 Å². The zero-order valence-corrected chi connectivity index (χ0v) is 17.1. The van der Waals surface area contributed by atoms with Gasteiger partial charge in [-0.05, 0) is 6.08 Å². The van der Waals surface area contributed by atoms with Gasteiger partial charge in [-0.3, -0.25) is 4.79 Å². The van der Waals surface area contributed by atoms with E-state index in [2.05, 4.69) is 0 Å². The minimum absolute atomic E-state index is 0.0151. The first-order chi connectivity index (χ1) is 15.9. The molecular formula is C21H20O13. The number of phenols is 2. The number of carboxylic acid groups (broad SMARTS) is 1. The van der Waals surface area contributed by atoms with Crippen molar-refractivity contribution in [1.29, 1.82) is 0 Å². The Hall–Kier alpha value is -3.46. The van der Waals surface area contributed by atoms with E-state index in [-0.39, 0.29) is 17.8 Å². The Balaban J connectivity index is 1.73. The summed E-state index contributed by atoms with van der Waals surface area (Å²) >= 11 is 0. The van der Waals surface area contributed by atoms with Crippen molar-refractivity contribution < 1.29 is 59.5 Å². The van der Waals surface area contributed by atoms with Gasteiger partial charge in [-0.2, -0.15) is 0 Å². The van der Waals surface area contributed by atoms with E-state index in [0.717, 1.165) is 18.2 Å². The number of carbonyl (C=O) groups is 1. The van der Waals surface area contributed by atoms with Crippen LogP contribution in [-0.2, 0) is 9.53 Å². The van der Waals surface area contributed by atoms with Crippen LogP contribution in [0.1, 0.15) is 12.2 Å². The molecule has 0 unspecified atom stereocenters. The monoisotopic (exact) mass is 480 g/mol. The molecule has 8 N–H and O–H groups in total. The number of aliphatic hydroxyl groups is 5. The number of allylic oxidation sites excluding steroid dienone is 2. The second kappa shape index (κ2) is 8.39. The van der Waals surface area contributed by atoms with Crippen LogP contribution in [0.4, 0.5) is 0 Å². The molecule has 1 aliphatic heterocycles. The van der Waals surface area contributed by atoms with Gasteiger partial charge in [0, 0.05) is 24.1 Å². The number of benzene rings is 1. The highest BCUT2D eigenvalue weighted by Crippen LogP contribution is 2.42. The number of phenolic OH excluding ortho intramolecular Hbond substituents is 2. The van der Waals surface area contributed by atoms with Crippen LogP contribution in [0.2, 0.25) is 0 Å². The molecule has 1 aliphatic carbocycles. The molecule has 13 nitrogen and oxygen atoms in total. The highest BCUT2D eigenvalue weighted by Gasteiger charge is 2.48. The fourth-order valence-corrected chi connectivity index (χ4v) is 3.58. The van der Waals surface area contributed by atoms with E-state index in [1.165, 1.54) is 12.2 Å².